The fraction of sp³-hybridized carbons (Fsp3) is 0.0698. The van der Waals surface area contributed by atoms with E-state index in [1.54, 1.807) is 0 Å². The van der Waals surface area contributed by atoms with Crippen molar-refractivity contribution < 1.29 is 0 Å². The van der Waals surface area contributed by atoms with Gasteiger partial charge in [-0.2, -0.15) is 0 Å². The van der Waals surface area contributed by atoms with E-state index in [-0.39, 0.29) is 0 Å². The summed E-state index contributed by atoms with van der Waals surface area (Å²) >= 11 is 0. The number of allylic oxidation sites excluding steroid dienone is 1. The summed E-state index contributed by atoms with van der Waals surface area (Å²) in [6.07, 6.45) is 6.74. The van der Waals surface area contributed by atoms with Crippen molar-refractivity contribution in [1.29, 1.82) is 0 Å². The smallest absolute Gasteiger partial charge is 0.0542 e. The van der Waals surface area contributed by atoms with Crippen LogP contribution in [0.2, 0.25) is 0 Å². The molecule has 3 nitrogen and oxygen atoms in total. The maximum atomic E-state index is 2.46. The Morgan fingerprint density at radius 2 is 1.07 bits per heavy atom. The SMILES string of the molecule is Cc1ccc(N(c2ccc3c(c2)c2c(n3-c3ccccc3)CCC=C2)c2ccc3c(c2)c2ccccc2n3-c2ccccc2)cc1. The summed E-state index contributed by atoms with van der Waals surface area (Å²) in [4.78, 5) is 2.41. The Labute approximate surface area is 268 Å². The molecule has 220 valence electrons. The van der Waals surface area contributed by atoms with E-state index < -0.39 is 0 Å². The molecule has 0 atom stereocenters. The first-order chi connectivity index (χ1) is 22.7. The minimum absolute atomic E-state index is 1.04. The van der Waals surface area contributed by atoms with Gasteiger partial charge in [0.25, 0.3) is 0 Å². The Bertz CT molecular complexity index is 2410. The van der Waals surface area contributed by atoms with Crippen molar-refractivity contribution in [3.05, 3.63) is 168 Å². The maximum absolute atomic E-state index is 2.46. The maximum Gasteiger partial charge on any atom is 0.0542 e. The summed E-state index contributed by atoms with van der Waals surface area (Å²) in [6.45, 7) is 2.15. The van der Waals surface area contributed by atoms with Gasteiger partial charge in [-0.3, -0.25) is 0 Å². The minimum Gasteiger partial charge on any atom is -0.313 e. The van der Waals surface area contributed by atoms with E-state index in [9.17, 15) is 0 Å². The molecule has 0 spiro atoms. The van der Waals surface area contributed by atoms with Crippen LogP contribution in [0.1, 0.15) is 23.2 Å². The Hall–Kier alpha value is -5.80. The Balaban J connectivity index is 1.28. The second-order valence-corrected chi connectivity index (χ2v) is 12.2. The molecule has 1 aliphatic carbocycles. The number of anilines is 3. The molecule has 0 saturated carbocycles. The molecule has 0 fully saturated rings. The predicted molar refractivity (Wildman–Crippen MR) is 194 cm³/mol. The molecule has 0 N–H and O–H groups in total. The number of aryl methyl sites for hydroxylation is 1. The second kappa shape index (κ2) is 10.7. The van der Waals surface area contributed by atoms with Crippen molar-refractivity contribution >= 4 is 55.8 Å². The Morgan fingerprint density at radius 3 is 1.78 bits per heavy atom. The van der Waals surface area contributed by atoms with Crippen molar-refractivity contribution in [1.82, 2.24) is 9.13 Å². The first kappa shape index (κ1) is 26.6. The van der Waals surface area contributed by atoms with Crippen LogP contribution in [0.3, 0.4) is 0 Å². The van der Waals surface area contributed by atoms with Gasteiger partial charge in [0.15, 0.2) is 0 Å². The Kier molecular flexibility index (Phi) is 6.17. The van der Waals surface area contributed by atoms with E-state index in [1.807, 2.05) is 0 Å². The average Bonchev–Trinajstić information content (AvgIpc) is 3.62. The first-order valence-corrected chi connectivity index (χ1v) is 16.1. The molecule has 1 aliphatic rings. The van der Waals surface area contributed by atoms with Crippen LogP contribution in [0, 0.1) is 6.92 Å². The molecule has 9 rings (SSSR count). The van der Waals surface area contributed by atoms with Crippen molar-refractivity contribution in [3.8, 4) is 11.4 Å². The lowest BCUT2D eigenvalue weighted by Gasteiger charge is -2.26. The molecule has 2 aromatic heterocycles. The molecule has 0 unspecified atom stereocenters. The van der Waals surface area contributed by atoms with Crippen LogP contribution in [-0.4, -0.2) is 9.13 Å². The zero-order valence-corrected chi connectivity index (χ0v) is 25.8. The third kappa shape index (κ3) is 4.20. The topological polar surface area (TPSA) is 13.1 Å². The molecule has 0 radical (unpaired) electrons. The molecule has 3 heteroatoms. The molecule has 2 heterocycles. The van der Waals surface area contributed by atoms with Gasteiger partial charge < -0.3 is 14.0 Å². The van der Waals surface area contributed by atoms with Gasteiger partial charge >= 0.3 is 0 Å². The summed E-state index contributed by atoms with van der Waals surface area (Å²) in [5.41, 5.74) is 13.4. The second-order valence-electron chi connectivity index (χ2n) is 12.2. The van der Waals surface area contributed by atoms with Crippen molar-refractivity contribution in [2.24, 2.45) is 0 Å². The fourth-order valence-corrected chi connectivity index (χ4v) is 7.32. The van der Waals surface area contributed by atoms with E-state index in [1.165, 1.54) is 60.9 Å². The number of rotatable bonds is 5. The van der Waals surface area contributed by atoms with Crippen LogP contribution in [0.25, 0.3) is 50.2 Å². The summed E-state index contributed by atoms with van der Waals surface area (Å²) in [6, 6.07) is 53.0. The molecule has 8 aromatic rings. The zero-order valence-electron chi connectivity index (χ0n) is 25.8. The molecule has 46 heavy (non-hydrogen) atoms. The number of para-hydroxylation sites is 3. The molecule has 0 amide bonds. The van der Waals surface area contributed by atoms with Crippen LogP contribution in [0.4, 0.5) is 17.1 Å². The standard InChI is InChI=1S/C43H33N3/c1-30-20-22-33(23-21-30)44(34-24-26-42-38(28-34)36-16-8-10-18-40(36)45(42)31-12-4-2-5-13-31)35-25-27-43-39(29-35)37-17-9-11-19-41(37)46(43)32-14-6-3-7-15-32/h2-10,12-18,20-29H,11,19H2,1H3. The highest BCUT2D eigenvalue weighted by molar-refractivity contribution is 6.11. The summed E-state index contributed by atoms with van der Waals surface area (Å²) in [5, 5.41) is 3.78. The van der Waals surface area contributed by atoms with Crippen LogP contribution in [0.15, 0.2) is 152 Å². The molecule has 6 aromatic carbocycles. The molecule has 0 aliphatic heterocycles. The minimum atomic E-state index is 1.04. The number of hydrogen-bond acceptors (Lipinski definition) is 1. The summed E-state index contributed by atoms with van der Waals surface area (Å²) in [7, 11) is 0. The summed E-state index contributed by atoms with van der Waals surface area (Å²) < 4.78 is 4.83. The van der Waals surface area contributed by atoms with E-state index in [4.69, 9.17) is 0 Å². The van der Waals surface area contributed by atoms with E-state index in [0.29, 0.717) is 0 Å². The molecular formula is C43H33N3. The molecule has 0 bridgehead atoms. The highest BCUT2D eigenvalue weighted by Crippen LogP contribution is 2.42. The number of fused-ring (bicyclic) bond motifs is 6. The quantitative estimate of drug-likeness (QED) is 0.194. The number of hydrogen-bond donors (Lipinski definition) is 0. The van der Waals surface area contributed by atoms with E-state index in [0.717, 1.165) is 29.9 Å². The highest BCUT2D eigenvalue weighted by atomic mass is 15.1. The van der Waals surface area contributed by atoms with Gasteiger partial charge in [-0.05, 0) is 98.6 Å². The van der Waals surface area contributed by atoms with Crippen LogP contribution in [-0.2, 0) is 6.42 Å². The normalized spacial score (nSPS) is 12.6. The lowest BCUT2D eigenvalue weighted by molar-refractivity contribution is 0.888. The van der Waals surface area contributed by atoms with Crippen molar-refractivity contribution in [3.63, 3.8) is 0 Å². The van der Waals surface area contributed by atoms with Gasteiger partial charge in [-0.15, -0.1) is 0 Å². The largest absolute Gasteiger partial charge is 0.313 e. The monoisotopic (exact) mass is 591 g/mol. The van der Waals surface area contributed by atoms with Crippen molar-refractivity contribution in [2.45, 2.75) is 19.8 Å². The number of nitrogens with zero attached hydrogens (tertiary/aromatic N) is 3. The number of benzene rings is 6. The van der Waals surface area contributed by atoms with E-state index in [2.05, 4.69) is 179 Å². The lowest BCUT2D eigenvalue weighted by atomic mass is 10.0. The van der Waals surface area contributed by atoms with Gasteiger partial charge in [0, 0.05) is 55.9 Å². The Morgan fingerprint density at radius 1 is 0.500 bits per heavy atom. The van der Waals surface area contributed by atoms with Crippen LogP contribution >= 0.6 is 0 Å². The van der Waals surface area contributed by atoms with Gasteiger partial charge in [-0.25, -0.2) is 0 Å². The highest BCUT2D eigenvalue weighted by Gasteiger charge is 2.22. The third-order valence-corrected chi connectivity index (χ3v) is 9.42. The van der Waals surface area contributed by atoms with E-state index >= 15 is 0 Å². The summed E-state index contributed by atoms with van der Waals surface area (Å²) in [5.74, 6) is 0. The zero-order chi connectivity index (χ0) is 30.6. The van der Waals surface area contributed by atoms with Gasteiger partial charge in [0.1, 0.15) is 0 Å². The average molecular weight is 592 g/mol. The van der Waals surface area contributed by atoms with Crippen LogP contribution in [0.5, 0.6) is 0 Å². The molecule has 0 saturated heterocycles. The van der Waals surface area contributed by atoms with Gasteiger partial charge in [0.2, 0.25) is 0 Å². The lowest BCUT2D eigenvalue weighted by Crippen LogP contribution is -2.10. The van der Waals surface area contributed by atoms with Crippen LogP contribution < -0.4 is 4.90 Å². The van der Waals surface area contributed by atoms with Gasteiger partial charge in [0.05, 0.1) is 16.6 Å². The molecular weight excluding hydrogens is 558 g/mol. The predicted octanol–water partition coefficient (Wildman–Crippen LogP) is 11.5. The third-order valence-electron chi connectivity index (χ3n) is 9.42. The van der Waals surface area contributed by atoms with Gasteiger partial charge in [-0.1, -0.05) is 84.4 Å². The number of aromatic nitrogens is 2. The first-order valence-electron chi connectivity index (χ1n) is 16.1. The fourth-order valence-electron chi connectivity index (χ4n) is 7.32. The van der Waals surface area contributed by atoms with Crippen molar-refractivity contribution in [2.75, 3.05) is 4.90 Å².